The fourth-order valence-electron chi connectivity index (χ4n) is 3.27. The van der Waals surface area contributed by atoms with Crippen LogP contribution in [-0.2, 0) is 4.74 Å². The molecule has 1 unspecified atom stereocenters. The molecule has 0 N–H and O–H groups in total. The van der Waals surface area contributed by atoms with Crippen LogP contribution in [0.25, 0.3) is 0 Å². The van der Waals surface area contributed by atoms with Crippen LogP contribution in [-0.4, -0.2) is 53.1 Å². The molecule has 28 heavy (non-hydrogen) atoms. The molecule has 10 heteroatoms. The Bertz CT molecular complexity index is 761. The fourth-order valence-corrected chi connectivity index (χ4v) is 3.27. The highest BCUT2D eigenvalue weighted by Crippen LogP contribution is 2.34. The van der Waals surface area contributed by atoms with Gasteiger partial charge in [0, 0.05) is 32.7 Å². The van der Waals surface area contributed by atoms with Gasteiger partial charge in [0.1, 0.15) is 11.3 Å². The van der Waals surface area contributed by atoms with Gasteiger partial charge >= 0.3 is 6.09 Å². The zero-order valence-corrected chi connectivity index (χ0v) is 16.6. The lowest BCUT2D eigenvalue weighted by Crippen LogP contribution is -2.43. The maximum absolute atomic E-state index is 12.2. The normalized spacial score (nSPS) is 17.1. The highest BCUT2D eigenvalue weighted by Gasteiger charge is 2.29. The van der Waals surface area contributed by atoms with Crippen molar-refractivity contribution in [3.05, 3.63) is 38.4 Å². The molecule has 1 aromatic carbocycles. The Hall–Kier alpha value is -2.91. The number of ether oxygens (including phenoxy) is 1. The molecule has 0 saturated carbocycles. The first-order valence-electron chi connectivity index (χ1n) is 9.10. The highest BCUT2D eigenvalue weighted by atomic mass is 16.6. The molecule has 0 bridgehead atoms. The van der Waals surface area contributed by atoms with E-state index in [1.165, 1.54) is 17.0 Å². The second-order valence-electron chi connectivity index (χ2n) is 8.00. The van der Waals surface area contributed by atoms with Crippen molar-refractivity contribution in [2.45, 2.75) is 39.2 Å². The quantitative estimate of drug-likeness (QED) is 0.553. The summed E-state index contributed by atoms with van der Waals surface area (Å²) in [6.07, 6.45) is 1.27. The number of nitrogens with zero attached hydrogens (tertiary/aromatic N) is 4. The first kappa shape index (κ1) is 21.4. The Kier molecular flexibility index (Phi) is 6.42. The van der Waals surface area contributed by atoms with Crippen molar-refractivity contribution in [1.29, 1.82) is 0 Å². The molecule has 1 aliphatic rings. The molecular weight excluding hydrogens is 368 g/mol. The van der Waals surface area contributed by atoms with Crippen LogP contribution >= 0.6 is 0 Å². The maximum Gasteiger partial charge on any atom is 0.410 e. The number of carbonyl (C=O) groups excluding carboxylic acids is 1. The summed E-state index contributed by atoms with van der Waals surface area (Å²) >= 11 is 0. The molecule has 0 radical (unpaired) electrons. The minimum atomic E-state index is -0.647. The van der Waals surface area contributed by atoms with E-state index in [4.69, 9.17) is 4.74 Å². The summed E-state index contributed by atoms with van der Waals surface area (Å²) in [6, 6.07) is 3.70. The van der Waals surface area contributed by atoms with Crippen LogP contribution in [0.15, 0.2) is 18.2 Å². The first-order chi connectivity index (χ1) is 13.0. The molecule has 0 aliphatic carbocycles. The topological polar surface area (TPSA) is 119 Å². The van der Waals surface area contributed by atoms with E-state index in [1.54, 1.807) is 27.8 Å². The average Bonchev–Trinajstić information content (AvgIpc) is 2.59. The van der Waals surface area contributed by atoms with Gasteiger partial charge in [-0.15, -0.1) is 0 Å². The standard InChI is InChI=1S/C18H26N4O6/c1-18(2,3)28-17(23)19(4)11-13-6-5-9-20(12-13)15-8-7-14(21(24)25)10-16(15)22(26)27/h7-8,10,13H,5-6,9,11-12H2,1-4H3. The summed E-state index contributed by atoms with van der Waals surface area (Å²) in [5, 5.41) is 22.3. The number of non-ortho nitro benzene ring substituents is 1. The second-order valence-corrected chi connectivity index (χ2v) is 8.00. The van der Waals surface area contributed by atoms with E-state index in [2.05, 4.69) is 0 Å². The second kappa shape index (κ2) is 8.41. The summed E-state index contributed by atoms with van der Waals surface area (Å²) in [5.41, 5.74) is -0.812. The number of hydrogen-bond acceptors (Lipinski definition) is 7. The Balaban J connectivity index is 2.12. The number of piperidine rings is 1. The third-order valence-corrected chi connectivity index (χ3v) is 4.46. The molecule has 1 heterocycles. The molecule has 154 valence electrons. The monoisotopic (exact) mass is 394 g/mol. The molecule has 0 aromatic heterocycles. The summed E-state index contributed by atoms with van der Waals surface area (Å²) in [7, 11) is 1.67. The van der Waals surface area contributed by atoms with Crippen LogP contribution in [0.2, 0.25) is 0 Å². The minimum Gasteiger partial charge on any atom is -0.444 e. The van der Waals surface area contributed by atoms with E-state index in [1.807, 2.05) is 4.90 Å². The Morgan fingerprint density at radius 2 is 1.96 bits per heavy atom. The fraction of sp³-hybridized carbons (Fsp3) is 0.611. The number of nitro benzene ring substituents is 2. The summed E-state index contributed by atoms with van der Waals surface area (Å²) in [6.45, 7) is 7.00. The van der Waals surface area contributed by atoms with Crippen LogP contribution in [0.1, 0.15) is 33.6 Å². The maximum atomic E-state index is 12.2. The molecule has 1 aromatic rings. The smallest absolute Gasteiger partial charge is 0.410 e. The SMILES string of the molecule is CN(CC1CCCN(c2ccc([N+](=O)[O-])cc2[N+](=O)[O-])C1)C(=O)OC(C)(C)C. The van der Waals surface area contributed by atoms with Gasteiger partial charge in [-0.3, -0.25) is 20.2 Å². The van der Waals surface area contributed by atoms with Crippen molar-refractivity contribution in [2.75, 3.05) is 31.6 Å². The molecule has 1 amide bonds. The Labute approximate surface area is 163 Å². The number of carbonyl (C=O) groups is 1. The largest absolute Gasteiger partial charge is 0.444 e. The third-order valence-electron chi connectivity index (χ3n) is 4.46. The van der Waals surface area contributed by atoms with Crippen molar-refractivity contribution in [1.82, 2.24) is 4.90 Å². The number of nitro groups is 2. The van der Waals surface area contributed by atoms with Crippen molar-refractivity contribution < 1.29 is 19.4 Å². The Morgan fingerprint density at radius 1 is 1.29 bits per heavy atom. The van der Waals surface area contributed by atoms with E-state index in [-0.39, 0.29) is 17.3 Å². The van der Waals surface area contributed by atoms with E-state index in [0.29, 0.717) is 25.3 Å². The van der Waals surface area contributed by atoms with Gasteiger partial charge in [-0.2, -0.15) is 0 Å². The van der Waals surface area contributed by atoms with Crippen molar-refractivity contribution >= 4 is 23.2 Å². The van der Waals surface area contributed by atoms with Gasteiger partial charge in [0.25, 0.3) is 11.4 Å². The number of rotatable bonds is 5. The van der Waals surface area contributed by atoms with Crippen LogP contribution in [0.5, 0.6) is 0 Å². The first-order valence-corrected chi connectivity index (χ1v) is 9.10. The predicted octanol–water partition coefficient (Wildman–Crippen LogP) is 3.59. The van der Waals surface area contributed by atoms with Crippen LogP contribution in [0.3, 0.4) is 0 Å². The Morgan fingerprint density at radius 3 is 2.54 bits per heavy atom. The van der Waals surface area contributed by atoms with Gasteiger partial charge in [-0.05, 0) is 45.6 Å². The zero-order valence-electron chi connectivity index (χ0n) is 16.6. The van der Waals surface area contributed by atoms with Gasteiger partial charge in [-0.25, -0.2) is 4.79 Å². The van der Waals surface area contributed by atoms with E-state index in [0.717, 1.165) is 18.9 Å². The molecule has 1 saturated heterocycles. The molecule has 1 atom stereocenters. The lowest BCUT2D eigenvalue weighted by molar-refractivity contribution is -0.393. The van der Waals surface area contributed by atoms with E-state index >= 15 is 0 Å². The van der Waals surface area contributed by atoms with E-state index < -0.39 is 21.5 Å². The summed E-state index contributed by atoms with van der Waals surface area (Å²) in [4.78, 5) is 36.6. The molecule has 2 rings (SSSR count). The van der Waals surface area contributed by atoms with E-state index in [9.17, 15) is 25.0 Å². The van der Waals surface area contributed by atoms with Gasteiger partial charge in [-0.1, -0.05) is 0 Å². The molecule has 1 fully saturated rings. The van der Waals surface area contributed by atoms with Crippen molar-refractivity contribution in [3.8, 4) is 0 Å². The van der Waals surface area contributed by atoms with Crippen LogP contribution < -0.4 is 4.90 Å². The molecule has 1 aliphatic heterocycles. The zero-order chi connectivity index (χ0) is 21.1. The number of benzene rings is 1. The average molecular weight is 394 g/mol. The third kappa shape index (κ3) is 5.54. The molecular formula is C18H26N4O6. The minimum absolute atomic E-state index is 0.112. The van der Waals surface area contributed by atoms with Crippen molar-refractivity contribution in [3.63, 3.8) is 0 Å². The predicted molar refractivity (Wildman–Crippen MR) is 104 cm³/mol. The number of hydrogen-bond donors (Lipinski definition) is 0. The van der Waals surface area contributed by atoms with Gasteiger partial charge < -0.3 is 14.5 Å². The molecule has 0 spiro atoms. The lowest BCUT2D eigenvalue weighted by Gasteiger charge is -2.36. The van der Waals surface area contributed by atoms with Gasteiger partial charge in [0.05, 0.1) is 15.9 Å². The van der Waals surface area contributed by atoms with Crippen LogP contribution in [0, 0.1) is 26.1 Å². The summed E-state index contributed by atoms with van der Waals surface area (Å²) in [5.74, 6) is 0.112. The highest BCUT2D eigenvalue weighted by molar-refractivity contribution is 5.68. The number of amides is 1. The summed E-state index contributed by atoms with van der Waals surface area (Å²) < 4.78 is 5.36. The number of anilines is 1. The lowest BCUT2D eigenvalue weighted by atomic mass is 9.97. The van der Waals surface area contributed by atoms with Crippen molar-refractivity contribution in [2.24, 2.45) is 5.92 Å². The van der Waals surface area contributed by atoms with Crippen LogP contribution in [0.4, 0.5) is 21.9 Å². The molecule has 10 nitrogen and oxygen atoms in total. The van der Waals surface area contributed by atoms with Gasteiger partial charge in [0.15, 0.2) is 0 Å². The van der Waals surface area contributed by atoms with Gasteiger partial charge in [0.2, 0.25) is 0 Å².